The second-order valence-electron chi connectivity index (χ2n) is 10.9. The Balaban J connectivity index is 0.00000705. The second kappa shape index (κ2) is 20.4. The number of hydrogen-bond donors (Lipinski definition) is 4. The summed E-state index contributed by atoms with van der Waals surface area (Å²) < 4.78 is 10.1. The van der Waals surface area contributed by atoms with Crippen molar-refractivity contribution < 1.29 is 33.8 Å². The van der Waals surface area contributed by atoms with Gasteiger partial charge in [0.1, 0.15) is 18.2 Å². The topological polar surface area (TPSA) is 146 Å². The minimum Gasteiger partial charge on any atom is -0.497 e. The third kappa shape index (κ3) is 13.5. The van der Waals surface area contributed by atoms with Gasteiger partial charge in [0.2, 0.25) is 17.7 Å². The van der Waals surface area contributed by atoms with Gasteiger partial charge in [0, 0.05) is 32.6 Å². The van der Waals surface area contributed by atoms with Crippen LogP contribution in [0.5, 0.6) is 5.75 Å². The number of amides is 3. The number of hydrogen-bond acceptors (Lipinski definition) is 8. The number of nitrogens with zero attached hydrogens (tertiary/aromatic N) is 1. The summed E-state index contributed by atoms with van der Waals surface area (Å²) in [5.41, 5.74) is 1.88. The SMILES string of the molecule is CCOC(=O)CC(=O)N[C@H](CCC(=O)N1CCCCC1)C(=O)N[C@@H](Cc1ccccc1)[C@@H](O)CNCc1cccc(OC)c1.Cl. The molecule has 1 saturated heterocycles. The van der Waals surface area contributed by atoms with E-state index in [9.17, 15) is 24.3 Å². The number of piperidine rings is 1. The van der Waals surface area contributed by atoms with Gasteiger partial charge in [0.25, 0.3) is 0 Å². The van der Waals surface area contributed by atoms with Crippen LogP contribution in [0.3, 0.4) is 0 Å². The lowest BCUT2D eigenvalue weighted by Gasteiger charge is -2.29. The van der Waals surface area contributed by atoms with E-state index in [1.54, 1.807) is 18.9 Å². The Morgan fingerprint density at radius 3 is 2.36 bits per heavy atom. The third-order valence-corrected chi connectivity index (χ3v) is 7.52. The summed E-state index contributed by atoms with van der Waals surface area (Å²) in [7, 11) is 1.60. The van der Waals surface area contributed by atoms with Gasteiger partial charge in [-0.3, -0.25) is 19.2 Å². The van der Waals surface area contributed by atoms with E-state index in [1.807, 2.05) is 54.6 Å². The number of likely N-dealkylation sites (tertiary alicyclic amines) is 1. The van der Waals surface area contributed by atoms with E-state index in [0.29, 0.717) is 26.1 Å². The van der Waals surface area contributed by atoms with Gasteiger partial charge in [-0.25, -0.2) is 0 Å². The maximum absolute atomic E-state index is 13.6. The van der Waals surface area contributed by atoms with E-state index < -0.39 is 42.4 Å². The van der Waals surface area contributed by atoms with Gasteiger partial charge in [0.15, 0.2) is 0 Å². The van der Waals surface area contributed by atoms with Crippen molar-refractivity contribution in [3.63, 3.8) is 0 Å². The number of benzene rings is 2. The number of carbonyl (C=O) groups excluding carboxylic acids is 4. The standard InChI is InChI=1S/C33H46N4O7.ClH/c1-3-44-32(41)21-30(39)35-27(15-16-31(40)37-17-8-5-9-18-37)33(42)36-28(20-24-11-6-4-7-12-24)29(38)23-34-22-25-13-10-14-26(19-25)43-2;/h4,6-7,10-14,19,27-29,34,38H,3,5,8-9,15-18,20-23H2,1-2H3,(H,35,39)(H,36,42);1H/t27-,28+,29+;/m1./s1. The highest BCUT2D eigenvalue weighted by atomic mass is 35.5. The Morgan fingerprint density at radius 2 is 1.67 bits per heavy atom. The number of ether oxygens (including phenoxy) is 2. The Kier molecular flexibility index (Phi) is 17.0. The van der Waals surface area contributed by atoms with Crippen LogP contribution < -0.4 is 20.7 Å². The molecule has 3 amide bonds. The minimum absolute atomic E-state index is 0. The number of methoxy groups -OCH3 is 1. The molecule has 1 heterocycles. The van der Waals surface area contributed by atoms with Gasteiger partial charge < -0.3 is 35.4 Å². The molecule has 0 unspecified atom stereocenters. The van der Waals surface area contributed by atoms with E-state index in [-0.39, 0.29) is 44.3 Å². The predicted molar refractivity (Wildman–Crippen MR) is 173 cm³/mol. The minimum atomic E-state index is -1.08. The molecule has 11 nitrogen and oxygen atoms in total. The van der Waals surface area contributed by atoms with Gasteiger partial charge in [-0.15, -0.1) is 12.4 Å². The number of nitrogens with one attached hydrogen (secondary N) is 3. The second-order valence-corrected chi connectivity index (χ2v) is 10.9. The molecule has 3 rings (SSSR count). The van der Waals surface area contributed by atoms with E-state index in [4.69, 9.17) is 9.47 Å². The van der Waals surface area contributed by atoms with Crippen LogP contribution >= 0.6 is 12.4 Å². The lowest BCUT2D eigenvalue weighted by atomic mass is 9.99. The van der Waals surface area contributed by atoms with Gasteiger partial charge in [-0.1, -0.05) is 42.5 Å². The molecule has 0 aromatic heterocycles. The average molecular weight is 647 g/mol. The smallest absolute Gasteiger partial charge is 0.315 e. The lowest BCUT2D eigenvalue weighted by Crippen LogP contribution is -2.55. The summed E-state index contributed by atoms with van der Waals surface area (Å²) in [4.78, 5) is 52.9. The molecule has 4 N–H and O–H groups in total. The van der Waals surface area contributed by atoms with Crippen molar-refractivity contribution >= 4 is 36.1 Å². The molecule has 248 valence electrons. The highest BCUT2D eigenvalue weighted by Crippen LogP contribution is 2.14. The first-order chi connectivity index (χ1) is 21.3. The zero-order valence-corrected chi connectivity index (χ0v) is 27.0. The molecule has 0 aliphatic carbocycles. The molecule has 2 aromatic rings. The highest BCUT2D eigenvalue weighted by Gasteiger charge is 2.29. The van der Waals surface area contributed by atoms with Gasteiger partial charge in [0.05, 0.1) is 25.9 Å². The monoisotopic (exact) mass is 646 g/mol. The quantitative estimate of drug-likeness (QED) is 0.152. The summed E-state index contributed by atoms with van der Waals surface area (Å²) in [6.07, 6.45) is 1.90. The number of aliphatic hydroxyl groups is 1. The lowest BCUT2D eigenvalue weighted by molar-refractivity contribution is -0.147. The van der Waals surface area contributed by atoms with Crippen LogP contribution in [-0.4, -0.2) is 85.2 Å². The maximum Gasteiger partial charge on any atom is 0.315 e. The molecule has 1 aliphatic heterocycles. The zero-order chi connectivity index (χ0) is 31.7. The van der Waals surface area contributed by atoms with E-state index >= 15 is 0 Å². The normalized spacial score (nSPS) is 14.7. The van der Waals surface area contributed by atoms with Crippen molar-refractivity contribution in [2.45, 2.75) is 76.6 Å². The molecular formula is C33H47ClN4O7. The number of rotatable bonds is 17. The highest BCUT2D eigenvalue weighted by molar-refractivity contribution is 5.97. The van der Waals surface area contributed by atoms with Crippen LogP contribution in [0.15, 0.2) is 54.6 Å². The number of halogens is 1. The van der Waals surface area contributed by atoms with Crippen LogP contribution in [0.25, 0.3) is 0 Å². The van der Waals surface area contributed by atoms with Gasteiger partial charge in [-0.05, 0) is 62.3 Å². The molecular weight excluding hydrogens is 600 g/mol. The Labute approximate surface area is 271 Å². The van der Waals surface area contributed by atoms with Crippen molar-refractivity contribution in [2.24, 2.45) is 0 Å². The van der Waals surface area contributed by atoms with Crippen molar-refractivity contribution in [3.05, 3.63) is 65.7 Å². The van der Waals surface area contributed by atoms with Crippen molar-refractivity contribution in [3.8, 4) is 5.75 Å². The van der Waals surface area contributed by atoms with E-state index in [0.717, 1.165) is 36.1 Å². The van der Waals surface area contributed by atoms with Gasteiger partial charge in [-0.2, -0.15) is 0 Å². The first kappa shape index (κ1) is 37.5. The maximum atomic E-state index is 13.6. The molecule has 0 bridgehead atoms. The molecule has 0 radical (unpaired) electrons. The number of esters is 1. The number of aliphatic hydroxyl groups excluding tert-OH is 1. The molecule has 2 aromatic carbocycles. The molecule has 0 saturated carbocycles. The summed E-state index contributed by atoms with van der Waals surface area (Å²) in [6.45, 7) is 3.79. The molecule has 0 spiro atoms. The number of carbonyl (C=O) groups is 4. The molecule has 12 heteroatoms. The van der Waals surface area contributed by atoms with Crippen LogP contribution in [0.1, 0.15) is 56.6 Å². The van der Waals surface area contributed by atoms with Crippen molar-refractivity contribution in [1.82, 2.24) is 20.9 Å². The fourth-order valence-electron chi connectivity index (χ4n) is 5.15. The third-order valence-electron chi connectivity index (χ3n) is 7.52. The Bertz CT molecular complexity index is 1210. The molecule has 1 aliphatic rings. The fraction of sp³-hybridized carbons (Fsp3) is 0.515. The van der Waals surface area contributed by atoms with Crippen LogP contribution in [-0.2, 0) is 36.9 Å². The molecule has 3 atom stereocenters. The van der Waals surface area contributed by atoms with Crippen molar-refractivity contribution in [2.75, 3.05) is 33.4 Å². The Morgan fingerprint density at radius 1 is 0.956 bits per heavy atom. The summed E-state index contributed by atoms with van der Waals surface area (Å²) >= 11 is 0. The van der Waals surface area contributed by atoms with Gasteiger partial charge >= 0.3 is 5.97 Å². The van der Waals surface area contributed by atoms with Crippen LogP contribution in [0, 0.1) is 0 Å². The Hall–Kier alpha value is -3.67. The summed E-state index contributed by atoms with van der Waals surface area (Å²) in [5.74, 6) is -1.26. The van der Waals surface area contributed by atoms with E-state index in [2.05, 4.69) is 16.0 Å². The summed E-state index contributed by atoms with van der Waals surface area (Å²) in [6, 6.07) is 15.3. The molecule has 1 fully saturated rings. The zero-order valence-electron chi connectivity index (χ0n) is 26.2. The van der Waals surface area contributed by atoms with E-state index in [1.165, 1.54) is 0 Å². The first-order valence-electron chi connectivity index (χ1n) is 15.4. The van der Waals surface area contributed by atoms with Crippen molar-refractivity contribution in [1.29, 1.82) is 0 Å². The van der Waals surface area contributed by atoms with Crippen LogP contribution in [0.2, 0.25) is 0 Å². The molecule has 45 heavy (non-hydrogen) atoms. The fourth-order valence-corrected chi connectivity index (χ4v) is 5.15. The predicted octanol–water partition coefficient (Wildman–Crippen LogP) is 2.53. The summed E-state index contributed by atoms with van der Waals surface area (Å²) in [5, 5.41) is 20.0. The largest absolute Gasteiger partial charge is 0.497 e. The first-order valence-corrected chi connectivity index (χ1v) is 15.4. The van der Waals surface area contributed by atoms with Crippen LogP contribution in [0.4, 0.5) is 0 Å². The average Bonchev–Trinajstić information content (AvgIpc) is 3.03.